The van der Waals surface area contributed by atoms with Crippen LogP contribution in [0.1, 0.15) is 30.4 Å². The van der Waals surface area contributed by atoms with E-state index in [-0.39, 0.29) is 11.1 Å². The van der Waals surface area contributed by atoms with E-state index in [9.17, 15) is 31.4 Å². The van der Waals surface area contributed by atoms with Gasteiger partial charge in [-0.1, -0.05) is 18.6 Å². The molecule has 26 heavy (non-hydrogen) atoms. The zero-order chi connectivity index (χ0) is 19.1. The van der Waals surface area contributed by atoms with Crippen LogP contribution in [0.3, 0.4) is 0 Å². The summed E-state index contributed by atoms with van der Waals surface area (Å²) in [6.45, 7) is 0.603. The molecule has 0 aliphatic carbocycles. The fraction of sp³-hybridized carbons (Fsp3) is 0.529. The molecule has 1 saturated heterocycles. The van der Waals surface area contributed by atoms with Gasteiger partial charge in [0.05, 0.1) is 17.4 Å². The number of nitrogens with one attached hydrogen (secondary N) is 2. The van der Waals surface area contributed by atoms with Crippen molar-refractivity contribution in [3.05, 3.63) is 35.4 Å². The summed E-state index contributed by atoms with van der Waals surface area (Å²) < 4.78 is 79.6. The Hall–Kier alpha value is -1.74. The third kappa shape index (κ3) is 3.68. The van der Waals surface area contributed by atoms with Crippen molar-refractivity contribution in [3.63, 3.8) is 0 Å². The van der Waals surface area contributed by atoms with E-state index in [0.29, 0.717) is 13.0 Å². The molecule has 2 aliphatic rings. The van der Waals surface area contributed by atoms with Crippen LogP contribution in [0.2, 0.25) is 0 Å². The van der Waals surface area contributed by atoms with E-state index < -0.39 is 41.8 Å². The van der Waals surface area contributed by atoms with Gasteiger partial charge in [-0.2, -0.15) is 26.3 Å². The third-order valence-corrected chi connectivity index (χ3v) is 4.73. The Morgan fingerprint density at radius 1 is 1.08 bits per heavy atom. The van der Waals surface area contributed by atoms with Crippen LogP contribution in [0.25, 0.3) is 5.57 Å². The molecule has 3 N–H and O–H groups in total. The van der Waals surface area contributed by atoms with Crippen LogP contribution in [-0.4, -0.2) is 36.0 Å². The number of piperidine rings is 1. The molecule has 2 heterocycles. The molecule has 0 spiro atoms. The Labute approximate surface area is 146 Å². The number of para-hydroxylation sites is 1. The monoisotopic (exact) mass is 380 g/mol. The first-order chi connectivity index (χ1) is 12.1. The topological polar surface area (TPSA) is 44.3 Å². The number of anilines is 1. The predicted octanol–water partition coefficient (Wildman–Crippen LogP) is 3.95. The maximum absolute atomic E-state index is 13.3. The number of halogens is 6. The fourth-order valence-electron chi connectivity index (χ4n) is 3.45. The highest BCUT2D eigenvalue weighted by atomic mass is 19.4. The minimum atomic E-state index is -4.81. The second kappa shape index (κ2) is 6.77. The lowest BCUT2D eigenvalue weighted by Gasteiger charge is -2.35. The van der Waals surface area contributed by atoms with Gasteiger partial charge in [0.25, 0.3) is 0 Å². The molecule has 0 aromatic heterocycles. The van der Waals surface area contributed by atoms with Crippen molar-refractivity contribution in [2.24, 2.45) is 0 Å². The summed E-state index contributed by atoms with van der Waals surface area (Å²) in [5.41, 5.74) is -2.01. The maximum atomic E-state index is 13.3. The molecule has 1 aromatic rings. The largest absolute Gasteiger partial charge is 0.418 e. The molecule has 0 saturated carbocycles. The summed E-state index contributed by atoms with van der Waals surface area (Å²) in [5.74, 6) is 0. The van der Waals surface area contributed by atoms with Gasteiger partial charge in [-0.05, 0) is 37.1 Å². The van der Waals surface area contributed by atoms with Gasteiger partial charge >= 0.3 is 12.4 Å². The predicted molar refractivity (Wildman–Crippen MR) is 84.5 cm³/mol. The molecule has 0 amide bonds. The Balaban J connectivity index is 2.08. The van der Waals surface area contributed by atoms with Crippen LogP contribution < -0.4 is 10.6 Å². The van der Waals surface area contributed by atoms with Gasteiger partial charge in [0.15, 0.2) is 0 Å². The normalized spacial score (nSPS) is 25.1. The average Bonchev–Trinajstić information content (AvgIpc) is 2.58. The Kier molecular flexibility index (Phi) is 4.96. The van der Waals surface area contributed by atoms with E-state index in [0.717, 1.165) is 31.1 Å². The van der Waals surface area contributed by atoms with Crippen LogP contribution in [0, 0.1) is 0 Å². The van der Waals surface area contributed by atoms with Gasteiger partial charge in [-0.15, -0.1) is 0 Å². The number of alkyl halides is 6. The number of benzene rings is 1. The summed E-state index contributed by atoms with van der Waals surface area (Å²) in [4.78, 5) is 0. The van der Waals surface area contributed by atoms with Crippen molar-refractivity contribution in [1.29, 1.82) is 0 Å². The molecule has 2 aliphatic heterocycles. The minimum Gasteiger partial charge on any atom is -0.387 e. The van der Waals surface area contributed by atoms with Gasteiger partial charge in [-0.25, -0.2) is 0 Å². The molecule has 0 bridgehead atoms. The van der Waals surface area contributed by atoms with Crippen molar-refractivity contribution < 1.29 is 31.4 Å². The van der Waals surface area contributed by atoms with E-state index in [4.69, 9.17) is 0 Å². The second-order valence-corrected chi connectivity index (χ2v) is 6.51. The second-order valence-electron chi connectivity index (χ2n) is 6.51. The Morgan fingerprint density at radius 3 is 2.38 bits per heavy atom. The molecule has 3 nitrogen and oxygen atoms in total. The molecule has 1 fully saturated rings. The molecule has 0 radical (unpaired) electrons. The fourth-order valence-corrected chi connectivity index (χ4v) is 3.45. The molecular weight excluding hydrogens is 362 g/mol. The Morgan fingerprint density at radius 2 is 1.81 bits per heavy atom. The standard InChI is InChI=1S/C17H18F6N2O/c18-16(19,20)11-5-3-4-9-10(15(26)12-6-1-2-7-24-12)8-13(17(21,22)23)25-14(9)11/h3-5,8,12-13,15,24-26H,1-2,6-7H2/t12-,13?,15+/m0/s1. The lowest BCUT2D eigenvalue weighted by Crippen LogP contribution is -2.45. The van der Waals surface area contributed by atoms with Crippen LogP contribution in [0.4, 0.5) is 32.0 Å². The highest BCUT2D eigenvalue weighted by molar-refractivity contribution is 5.84. The molecule has 3 atom stereocenters. The van der Waals surface area contributed by atoms with Gasteiger partial charge in [0, 0.05) is 11.6 Å². The first kappa shape index (κ1) is 19.0. The van der Waals surface area contributed by atoms with Gasteiger partial charge in [0.2, 0.25) is 0 Å². The van der Waals surface area contributed by atoms with E-state index in [2.05, 4.69) is 5.32 Å². The smallest absolute Gasteiger partial charge is 0.387 e. The van der Waals surface area contributed by atoms with Crippen LogP contribution in [0.5, 0.6) is 0 Å². The third-order valence-electron chi connectivity index (χ3n) is 4.73. The van der Waals surface area contributed by atoms with Crippen molar-refractivity contribution >= 4 is 11.3 Å². The van der Waals surface area contributed by atoms with Gasteiger partial charge < -0.3 is 15.7 Å². The lowest BCUT2D eigenvalue weighted by molar-refractivity contribution is -0.139. The van der Waals surface area contributed by atoms with Crippen molar-refractivity contribution in [2.75, 3.05) is 11.9 Å². The average molecular weight is 380 g/mol. The molecule has 144 valence electrons. The number of rotatable bonds is 2. The molecule has 3 rings (SSSR count). The maximum Gasteiger partial charge on any atom is 0.418 e. The van der Waals surface area contributed by atoms with E-state index in [1.807, 2.05) is 5.32 Å². The molecule has 1 aromatic carbocycles. The van der Waals surface area contributed by atoms with Crippen molar-refractivity contribution in [2.45, 2.75) is 49.8 Å². The van der Waals surface area contributed by atoms with E-state index in [1.165, 1.54) is 6.07 Å². The highest BCUT2D eigenvalue weighted by Gasteiger charge is 2.45. The summed E-state index contributed by atoms with van der Waals surface area (Å²) >= 11 is 0. The summed E-state index contributed by atoms with van der Waals surface area (Å²) in [5, 5.41) is 15.6. The quantitative estimate of drug-likeness (QED) is 0.681. The zero-order valence-electron chi connectivity index (χ0n) is 13.6. The molecule has 1 unspecified atom stereocenters. The first-order valence-electron chi connectivity index (χ1n) is 8.26. The lowest BCUT2D eigenvalue weighted by atomic mass is 9.85. The van der Waals surface area contributed by atoms with Crippen LogP contribution in [0.15, 0.2) is 24.3 Å². The number of fused-ring (bicyclic) bond motifs is 1. The highest BCUT2D eigenvalue weighted by Crippen LogP contribution is 2.44. The van der Waals surface area contributed by atoms with Crippen molar-refractivity contribution in [1.82, 2.24) is 5.32 Å². The molecular formula is C17H18F6N2O. The Bertz CT molecular complexity index is 691. The van der Waals surface area contributed by atoms with Crippen molar-refractivity contribution in [3.8, 4) is 0 Å². The van der Waals surface area contributed by atoms with E-state index >= 15 is 0 Å². The van der Waals surface area contributed by atoms with Gasteiger partial charge in [-0.3, -0.25) is 0 Å². The summed E-state index contributed by atoms with van der Waals surface area (Å²) in [6.07, 6.45) is -7.95. The first-order valence-corrected chi connectivity index (χ1v) is 8.26. The number of hydrogen-bond donors (Lipinski definition) is 3. The summed E-state index contributed by atoms with van der Waals surface area (Å²) in [7, 11) is 0. The minimum absolute atomic E-state index is 0.0554. The number of aliphatic hydroxyl groups excluding tert-OH is 1. The SMILES string of the molecule is O[C@H](C1=CC(C(F)(F)F)Nc2c1cccc2C(F)(F)F)[C@@H]1CCCCN1. The van der Waals surface area contributed by atoms with Gasteiger partial charge in [0.1, 0.15) is 6.04 Å². The summed E-state index contributed by atoms with van der Waals surface area (Å²) in [6, 6.07) is 0.359. The molecule has 9 heteroatoms. The number of hydrogen-bond acceptors (Lipinski definition) is 3. The van der Waals surface area contributed by atoms with Crippen LogP contribution >= 0.6 is 0 Å². The zero-order valence-corrected chi connectivity index (χ0v) is 13.6. The van der Waals surface area contributed by atoms with E-state index in [1.54, 1.807) is 0 Å². The van der Waals surface area contributed by atoms with Crippen LogP contribution in [-0.2, 0) is 6.18 Å². The number of aliphatic hydroxyl groups is 1.